The highest BCUT2D eigenvalue weighted by Crippen LogP contribution is 2.25. The summed E-state index contributed by atoms with van der Waals surface area (Å²) in [5.41, 5.74) is 1.26. The average Bonchev–Trinajstić information content (AvgIpc) is 2.88. The maximum absolute atomic E-state index is 5.53. The first kappa shape index (κ1) is 12.9. The molecule has 0 spiro atoms. The van der Waals surface area contributed by atoms with Gasteiger partial charge in [-0.2, -0.15) is 0 Å². The summed E-state index contributed by atoms with van der Waals surface area (Å²) in [4.78, 5) is 8.24. The first-order valence-corrected chi connectivity index (χ1v) is 7.76. The van der Waals surface area contributed by atoms with Crippen molar-refractivity contribution in [1.82, 2.24) is 14.7 Å². The molecular weight excluding hydrogens is 260 g/mol. The van der Waals surface area contributed by atoms with E-state index in [2.05, 4.69) is 33.1 Å². The predicted octanol–water partition coefficient (Wildman–Crippen LogP) is 1.73. The molecule has 0 atom stereocenters. The molecule has 2 aromatic rings. The molecule has 104 valence electrons. The van der Waals surface area contributed by atoms with Crippen LogP contribution in [0.2, 0.25) is 0 Å². The molecule has 1 aliphatic heterocycles. The summed E-state index contributed by atoms with van der Waals surface area (Å²) in [6.07, 6.45) is 3.18. The van der Waals surface area contributed by atoms with Gasteiger partial charge in [0.2, 0.25) is 0 Å². The minimum absolute atomic E-state index is 0.797. The first-order valence-electron chi connectivity index (χ1n) is 6.88. The molecular formula is C13H20N4OS. The standard InChI is InChI=1S/C13H20N4OS/c1-2-14-10-11-12(15-13-17(11)6-9-19-13)16-4-3-7-18-8-5-16/h6,9,14H,2-5,7-8,10H2,1H3. The molecule has 19 heavy (non-hydrogen) atoms. The fourth-order valence-corrected chi connectivity index (χ4v) is 3.17. The van der Waals surface area contributed by atoms with Gasteiger partial charge in [0.05, 0.1) is 12.3 Å². The Labute approximate surface area is 117 Å². The number of rotatable bonds is 4. The second-order valence-corrected chi connectivity index (χ2v) is 5.54. The molecule has 6 heteroatoms. The molecule has 0 amide bonds. The van der Waals surface area contributed by atoms with Gasteiger partial charge in [-0.25, -0.2) is 4.98 Å². The van der Waals surface area contributed by atoms with Gasteiger partial charge in [-0.1, -0.05) is 6.92 Å². The zero-order chi connectivity index (χ0) is 13.1. The van der Waals surface area contributed by atoms with E-state index in [1.165, 1.54) is 5.69 Å². The Bertz CT molecular complexity index is 528. The normalized spacial score (nSPS) is 17.0. The SMILES string of the molecule is CCNCc1c(N2CCCOCC2)nc2sccn12. The van der Waals surface area contributed by atoms with Gasteiger partial charge in [0.1, 0.15) is 0 Å². The monoisotopic (exact) mass is 280 g/mol. The predicted molar refractivity (Wildman–Crippen MR) is 78.1 cm³/mol. The molecule has 3 heterocycles. The van der Waals surface area contributed by atoms with Crippen LogP contribution in [-0.4, -0.2) is 42.2 Å². The number of imidazole rings is 1. The van der Waals surface area contributed by atoms with Crippen molar-refractivity contribution in [2.24, 2.45) is 0 Å². The highest BCUT2D eigenvalue weighted by molar-refractivity contribution is 7.15. The second kappa shape index (κ2) is 5.90. The lowest BCUT2D eigenvalue weighted by Crippen LogP contribution is -2.28. The summed E-state index contributed by atoms with van der Waals surface area (Å²) in [7, 11) is 0. The maximum atomic E-state index is 5.53. The Balaban J connectivity index is 1.93. The lowest BCUT2D eigenvalue weighted by molar-refractivity contribution is 0.152. The molecule has 1 fully saturated rings. The van der Waals surface area contributed by atoms with Crippen molar-refractivity contribution in [3.05, 3.63) is 17.3 Å². The average molecular weight is 280 g/mol. The third kappa shape index (κ3) is 2.61. The van der Waals surface area contributed by atoms with E-state index in [1.807, 2.05) is 0 Å². The van der Waals surface area contributed by atoms with Crippen molar-refractivity contribution in [2.75, 3.05) is 37.7 Å². The van der Waals surface area contributed by atoms with Gasteiger partial charge >= 0.3 is 0 Å². The highest BCUT2D eigenvalue weighted by Gasteiger charge is 2.19. The number of hydrogen-bond acceptors (Lipinski definition) is 5. The van der Waals surface area contributed by atoms with E-state index >= 15 is 0 Å². The van der Waals surface area contributed by atoms with Crippen LogP contribution in [0.3, 0.4) is 0 Å². The number of anilines is 1. The van der Waals surface area contributed by atoms with Crippen LogP contribution in [0, 0.1) is 0 Å². The van der Waals surface area contributed by atoms with Gasteiger partial charge in [0.15, 0.2) is 10.8 Å². The molecule has 0 unspecified atom stereocenters. The van der Waals surface area contributed by atoms with Crippen LogP contribution in [0.1, 0.15) is 19.0 Å². The van der Waals surface area contributed by atoms with Gasteiger partial charge in [-0.15, -0.1) is 11.3 Å². The van der Waals surface area contributed by atoms with E-state index in [0.717, 1.165) is 56.6 Å². The first-order chi connectivity index (χ1) is 9.40. The maximum Gasteiger partial charge on any atom is 0.195 e. The van der Waals surface area contributed by atoms with Crippen LogP contribution in [0.5, 0.6) is 0 Å². The van der Waals surface area contributed by atoms with Gasteiger partial charge in [0.25, 0.3) is 0 Å². The number of aromatic nitrogens is 2. The topological polar surface area (TPSA) is 41.8 Å². The Morgan fingerprint density at radius 1 is 1.42 bits per heavy atom. The molecule has 1 saturated heterocycles. The summed E-state index contributed by atoms with van der Waals surface area (Å²) >= 11 is 1.69. The number of hydrogen-bond donors (Lipinski definition) is 1. The molecule has 0 aliphatic carbocycles. The summed E-state index contributed by atoms with van der Waals surface area (Å²) in [6.45, 7) is 7.59. The molecule has 3 rings (SSSR count). The van der Waals surface area contributed by atoms with Crippen molar-refractivity contribution in [3.8, 4) is 0 Å². The third-order valence-corrected chi connectivity index (χ3v) is 4.16. The number of nitrogens with one attached hydrogen (secondary N) is 1. The highest BCUT2D eigenvalue weighted by atomic mass is 32.1. The van der Waals surface area contributed by atoms with Crippen LogP contribution in [0.4, 0.5) is 5.82 Å². The molecule has 2 aromatic heterocycles. The largest absolute Gasteiger partial charge is 0.380 e. The zero-order valence-corrected chi connectivity index (χ0v) is 12.1. The van der Waals surface area contributed by atoms with Crippen LogP contribution >= 0.6 is 11.3 Å². The fourth-order valence-electron chi connectivity index (χ4n) is 2.44. The van der Waals surface area contributed by atoms with Gasteiger partial charge in [0, 0.05) is 37.8 Å². The quantitative estimate of drug-likeness (QED) is 0.926. The Morgan fingerprint density at radius 2 is 2.37 bits per heavy atom. The van der Waals surface area contributed by atoms with E-state index in [-0.39, 0.29) is 0 Å². The van der Waals surface area contributed by atoms with Crippen molar-refractivity contribution in [1.29, 1.82) is 0 Å². The summed E-state index contributed by atoms with van der Waals surface area (Å²) < 4.78 is 7.74. The smallest absolute Gasteiger partial charge is 0.195 e. The van der Waals surface area contributed by atoms with E-state index in [0.29, 0.717) is 0 Å². The zero-order valence-electron chi connectivity index (χ0n) is 11.3. The number of fused-ring (bicyclic) bond motifs is 1. The van der Waals surface area contributed by atoms with Crippen molar-refractivity contribution >= 4 is 22.1 Å². The summed E-state index contributed by atoms with van der Waals surface area (Å²) in [6, 6.07) is 0. The third-order valence-electron chi connectivity index (χ3n) is 3.40. The van der Waals surface area contributed by atoms with E-state index in [4.69, 9.17) is 9.72 Å². The molecule has 0 bridgehead atoms. The van der Waals surface area contributed by atoms with E-state index in [1.54, 1.807) is 11.3 Å². The Kier molecular flexibility index (Phi) is 4.00. The molecule has 1 N–H and O–H groups in total. The molecule has 1 aliphatic rings. The summed E-state index contributed by atoms with van der Waals surface area (Å²) in [5.74, 6) is 1.12. The molecule has 0 saturated carbocycles. The lowest BCUT2D eigenvalue weighted by Gasteiger charge is -2.20. The van der Waals surface area contributed by atoms with E-state index < -0.39 is 0 Å². The number of thiazole rings is 1. The number of ether oxygens (including phenoxy) is 1. The van der Waals surface area contributed by atoms with Crippen molar-refractivity contribution < 1.29 is 4.74 Å². The van der Waals surface area contributed by atoms with Crippen molar-refractivity contribution in [2.45, 2.75) is 19.9 Å². The van der Waals surface area contributed by atoms with Crippen LogP contribution in [-0.2, 0) is 11.3 Å². The van der Waals surface area contributed by atoms with Crippen LogP contribution in [0.15, 0.2) is 11.6 Å². The molecule has 5 nitrogen and oxygen atoms in total. The van der Waals surface area contributed by atoms with Gasteiger partial charge < -0.3 is 15.0 Å². The number of nitrogens with zero attached hydrogens (tertiary/aromatic N) is 3. The summed E-state index contributed by atoms with van der Waals surface area (Å²) in [5, 5.41) is 5.50. The molecule has 0 radical (unpaired) electrons. The minimum atomic E-state index is 0.797. The molecule has 0 aromatic carbocycles. The Hall–Kier alpha value is -1.11. The Morgan fingerprint density at radius 3 is 3.26 bits per heavy atom. The van der Waals surface area contributed by atoms with Crippen molar-refractivity contribution in [3.63, 3.8) is 0 Å². The second-order valence-electron chi connectivity index (χ2n) is 4.67. The van der Waals surface area contributed by atoms with Gasteiger partial charge in [-0.3, -0.25) is 4.40 Å². The van der Waals surface area contributed by atoms with Crippen LogP contribution in [0.25, 0.3) is 4.96 Å². The van der Waals surface area contributed by atoms with E-state index in [9.17, 15) is 0 Å². The van der Waals surface area contributed by atoms with Gasteiger partial charge in [-0.05, 0) is 13.0 Å². The lowest BCUT2D eigenvalue weighted by atomic mass is 10.3. The van der Waals surface area contributed by atoms with Crippen LogP contribution < -0.4 is 10.2 Å². The fraction of sp³-hybridized carbons (Fsp3) is 0.615. The minimum Gasteiger partial charge on any atom is -0.380 e.